The van der Waals surface area contributed by atoms with Gasteiger partial charge in [-0.15, -0.1) is 0 Å². The number of carboxylic acids is 1. The van der Waals surface area contributed by atoms with Crippen molar-refractivity contribution in [3.05, 3.63) is 22.8 Å². The second-order valence-electron chi connectivity index (χ2n) is 5.97. The van der Waals surface area contributed by atoms with Gasteiger partial charge in [0.2, 0.25) is 0 Å². The molecule has 0 spiro atoms. The summed E-state index contributed by atoms with van der Waals surface area (Å²) < 4.78 is 0. The first-order valence-electron chi connectivity index (χ1n) is 6.68. The van der Waals surface area contributed by atoms with E-state index in [9.17, 15) is 4.79 Å². The van der Waals surface area contributed by atoms with Gasteiger partial charge in [-0.2, -0.15) is 0 Å². The SMILES string of the molecule is CC(C)(C)N1CCN(c2cc(C(=O)O)c(Cl)cn2)CC1. The van der Waals surface area contributed by atoms with Crippen molar-refractivity contribution < 1.29 is 9.90 Å². The summed E-state index contributed by atoms with van der Waals surface area (Å²) >= 11 is 5.84. The lowest BCUT2D eigenvalue weighted by Gasteiger charge is -2.42. The molecule has 0 aromatic carbocycles. The highest BCUT2D eigenvalue weighted by molar-refractivity contribution is 6.33. The van der Waals surface area contributed by atoms with Gasteiger partial charge < -0.3 is 10.0 Å². The number of aromatic carboxylic acids is 1. The number of carboxylic acid groups (broad SMARTS) is 1. The van der Waals surface area contributed by atoms with Crippen molar-refractivity contribution >= 4 is 23.4 Å². The van der Waals surface area contributed by atoms with E-state index in [1.807, 2.05) is 0 Å². The summed E-state index contributed by atoms with van der Waals surface area (Å²) in [5, 5.41) is 9.27. The van der Waals surface area contributed by atoms with Crippen LogP contribution >= 0.6 is 11.6 Å². The molecule has 1 N–H and O–H groups in total. The molecule has 2 heterocycles. The Balaban J connectivity index is 2.11. The first-order chi connectivity index (χ1) is 9.29. The van der Waals surface area contributed by atoms with Gasteiger partial charge in [-0.1, -0.05) is 11.6 Å². The summed E-state index contributed by atoms with van der Waals surface area (Å²) in [5.74, 6) is -0.340. The van der Waals surface area contributed by atoms with E-state index in [4.69, 9.17) is 16.7 Å². The fourth-order valence-corrected chi connectivity index (χ4v) is 2.56. The standard InChI is InChI=1S/C14H20ClN3O2/c1-14(2,3)18-6-4-17(5-7-18)12-8-10(13(19)20)11(15)9-16-12/h8-9H,4-7H2,1-3H3,(H,19,20). The zero-order valence-electron chi connectivity index (χ0n) is 12.1. The average Bonchev–Trinajstić information content (AvgIpc) is 2.38. The third kappa shape index (κ3) is 3.22. The fourth-order valence-electron chi connectivity index (χ4n) is 2.37. The highest BCUT2D eigenvalue weighted by atomic mass is 35.5. The first kappa shape index (κ1) is 15.1. The normalized spacial score (nSPS) is 17.3. The predicted molar refractivity (Wildman–Crippen MR) is 79.7 cm³/mol. The molecular formula is C14H20ClN3O2. The molecule has 20 heavy (non-hydrogen) atoms. The minimum Gasteiger partial charge on any atom is -0.478 e. The van der Waals surface area contributed by atoms with E-state index in [-0.39, 0.29) is 16.1 Å². The van der Waals surface area contributed by atoms with Gasteiger partial charge in [-0.3, -0.25) is 4.90 Å². The van der Waals surface area contributed by atoms with Crippen LogP contribution in [0.3, 0.4) is 0 Å². The minimum absolute atomic E-state index is 0.106. The number of nitrogens with zero attached hydrogens (tertiary/aromatic N) is 3. The van der Waals surface area contributed by atoms with Crippen LogP contribution in [-0.2, 0) is 0 Å². The van der Waals surface area contributed by atoms with Crippen LogP contribution in [0.4, 0.5) is 5.82 Å². The maximum absolute atomic E-state index is 11.1. The van der Waals surface area contributed by atoms with Crippen LogP contribution in [0.2, 0.25) is 5.02 Å². The molecule has 0 saturated carbocycles. The molecule has 1 aromatic rings. The largest absolute Gasteiger partial charge is 0.478 e. The zero-order chi connectivity index (χ0) is 14.9. The van der Waals surface area contributed by atoms with Crippen LogP contribution in [0, 0.1) is 0 Å². The van der Waals surface area contributed by atoms with E-state index in [0.29, 0.717) is 5.82 Å². The molecule has 1 aromatic heterocycles. The summed E-state index contributed by atoms with van der Waals surface area (Å²) in [5.41, 5.74) is 0.265. The third-order valence-electron chi connectivity index (χ3n) is 3.62. The molecule has 0 aliphatic carbocycles. The molecule has 0 bridgehead atoms. The number of rotatable bonds is 2. The molecule has 2 rings (SSSR count). The van der Waals surface area contributed by atoms with Gasteiger partial charge in [0.25, 0.3) is 0 Å². The average molecular weight is 298 g/mol. The predicted octanol–water partition coefficient (Wildman–Crippen LogP) is 2.35. The summed E-state index contributed by atoms with van der Waals surface area (Å²) in [6.07, 6.45) is 1.41. The molecule has 110 valence electrons. The van der Waals surface area contributed by atoms with E-state index in [0.717, 1.165) is 26.2 Å². The third-order valence-corrected chi connectivity index (χ3v) is 3.92. The quantitative estimate of drug-likeness (QED) is 0.908. The molecule has 0 unspecified atom stereocenters. The molecule has 1 aliphatic rings. The Morgan fingerprint density at radius 2 is 1.90 bits per heavy atom. The molecule has 0 radical (unpaired) electrons. The number of halogens is 1. The zero-order valence-corrected chi connectivity index (χ0v) is 12.8. The number of anilines is 1. The second-order valence-corrected chi connectivity index (χ2v) is 6.38. The van der Waals surface area contributed by atoms with Gasteiger partial charge in [-0.25, -0.2) is 9.78 Å². The smallest absolute Gasteiger partial charge is 0.337 e. The van der Waals surface area contributed by atoms with Crippen molar-refractivity contribution in [2.75, 3.05) is 31.1 Å². The van der Waals surface area contributed by atoms with E-state index in [1.165, 1.54) is 6.20 Å². The highest BCUT2D eigenvalue weighted by Gasteiger charge is 2.26. The van der Waals surface area contributed by atoms with Crippen molar-refractivity contribution in [1.29, 1.82) is 0 Å². The molecule has 1 saturated heterocycles. The lowest BCUT2D eigenvalue weighted by molar-refractivity contribution is 0.0697. The van der Waals surface area contributed by atoms with Gasteiger partial charge in [0.05, 0.1) is 10.6 Å². The molecular weight excluding hydrogens is 278 g/mol. The van der Waals surface area contributed by atoms with Gasteiger partial charge in [0.1, 0.15) is 5.82 Å². The van der Waals surface area contributed by atoms with Crippen LogP contribution in [0.5, 0.6) is 0 Å². The number of pyridine rings is 1. The molecule has 1 aliphatic heterocycles. The van der Waals surface area contributed by atoms with Crippen LogP contribution in [0.25, 0.3) is 0 Å². The van der Waals surface area contributed by atoms with E-state index < -0.39 is 5.97 Å². The summed E-state index contributed by atoms with van der Waals surface area (Å²) in [4.78, 5) is 19.9. The van der Waals surface area contributed by atoms with Crippen LogP contribution in [0.15, 0.2) is 12.3 Å². The van der Waals surface area contributed by atoms with Crippen molar-refractivity contribution in [2.45, 2.75) is 26.3 Å². The van der Waals surface area contributed by atoms with Gasteiger partial charge in [-0.05, 0) is 26.8 Å². The van der Waals surface area contributed by atoms with E-state index >= 15 is 0 Å². The number of hydrogen-bond donors (Lipinski definition) is 1. The van der Waals surface area contributed by atoms with Gasteiger partial charge >= 0.3 is 5.97 Å². The van der Waals surface area contributed by atoms with Crippen molar-refractivity contribution in [1.82, 2.24) is 9.88 Å². The lowest BCUT2D eigenvalue weighted by Crippen LogP contribution is -2.53. The second kappa shape index (κ2) is 5.58. The molecule has 1 fully saturated rings. The van der Waals surface area contributed by atoms with Crippen molar-refractivity contribution in [3.63, 3.8) is 0 Å². The maximum Gasteiger partial charge on any atom is 0.337 e. The van der Waals surface area contributed by atoms with E-state index in [2.05, 4.69) is 35.6 Å². The Morgan fingerprint density at radius 1 is 1.30 bits per heavy atom. The van der Waals surface area contributed by atoms with E-state index in [1.54, 1.807) is 6.07 Å². The van der Waals surface area contributed by atoms with Gasteiger partial charge in [0, 0.05) is 37.9 Å². The minimum atomic E-state index is -1.02. The summed E-state index contributed by atoms with van der Waals surface area (Å²) in [7, 11) is 0. The number of carbonyl (C=O) groups is 1. The first-order valence-corrected chi connectivity index (χ1v) is 7.05. The molecule has 6 heteroatoms. The summed E-state index contributed by atoms with van der Waals surface area (Å²) in [6, 6.07) is 1.55. The summed E-state index contributed by atoms with van der Waals surface area (Å²) in [6.45, 7) is 10.2. The number of hydrogen-bond acceptors (Lipinski definition) is 4. The molecule has 5 nitrogen and oxygen atoms in total. The van der Waals surface area contributed by atoms with Crippen LogP contribution in [0.1, 0.15) is 31.1 Å². The monoisotopic (exact) mass is 297 g/mol. The Morgan fingerprint density at radius 3 is 2.40 bits per heavy atom. The van der Waals surface area contributed by atoms with Crippen molar-refractivity contribution in [2.24, 2.45) is 0 Å². The fraction of sp³-hybridized carbons (Fsp3) is 0.571. The number of aromatic nitrogens is 1. The topological polar surface area (TPSA) is 56.7 Å². The van der Waals surface area contributed by atoms with Crippen LogP contribution in [-0.4, -0.2) is 52.7 Å². The Kier molecular flexibility index (Phi) is 4.20. The van der Waals surface area contributed by atoms with Crippen molar-refractivity contribution in [3.8, 4) is 0 Å². The molecule has 0 atom stereocenters. The highest BCUT2D eigenvalue weighted by Crippen LogP contribution is 2.23. The van der Waals surface area contributed by atoms with Crippen LogP contribution < -0.4 is 4.90 Å². The maximum atomic E-state index is 11.1. The Labute approximate surface area is 124 Å². The molecule has 0 amide bonds. The lowest BCUT2D eigenvalue weighted by atomic mass is 10.0. The Bertz CT molecular complexity index is 506. The number of piperazine rings is 1. The van der Waals surface area contributed by atoms with Gasteiger partial charge in [0.15, 0.2) is 0 Å². The Hall–Kier alpha value is -1.33.